The van der Waals surface area contributed by atoms with Crippen molar-refractivity contribution in [3.8, 4) is 0 Å². The van der Waals surface area contributed by atoms with Gasteiger partial charge in [-0.05, 0) is 83.7 Å². The molecule has 1 aromatic carbocycles. The molecule has 0 bridgehead atoms. The summed E-state index contributed by atoms with van der Waals surface area (Å²) in [6, 6.07) is 0.485. The molecule has 1 saturated heterocycles. The van der Waals surface area contributed by atoms with Gasteiger partial charge in [-0.25, -0.2) is 0 Å². The molecule has 1 atom stereocenters. The van der Waals surface area contributed by atoms with Gasteiger partial charge < -0.3 is 0 Å². The van der Waals surface area contributed by atoms with Crippen LogP contribution in [-0.2, 0) is 6.54 Å². The summed E-state index contributed by atoms with van der Waals surface area (Å²) in [5.41, 5.74) is 6.18. The molecule has 0 saturated carbocycles. The summed E-state index contributed by atoms with van der Waals surface area (Å²) in [5, 5.41) is 0. The molecule has 0 spiro atoms. The first-order valence-corrected chi connectivity index (χ1v) is 11.9. The summed E-state index contributed by atoms with van der Waals surface area (Å²) in [4.78, 5) is 6.67. The van der Waals surface area contributed by atoms with Crippen molar-refractivity contribution in [2.45, 2.75) is 67.0 Å². The van der Waals surface area contributed by atoms with Gasteiger partial charge in [0.25, 0.3) is 0 Å². The summed E-state index contributed by atoms with van der Waals surface area (Å²) < 4.78 is 1.16. The number of nitrogens with zero attached hydrogens (tertiary/aromatic N) is 2. The first-order valence-electron chi connectivity index (χ1n) is 11.1. The number of benzene rings is 1. The lowest BCUT2D eigenvalue weighted by atomic mass is 9.91. The van der Waals surface area contributed by atoms with Gasteiger partial charge in [0.05, 0.1) is 6.54 Å². The van der Waals surface area contributed by atoms with Crippen molar-refractivity contribution >= 4 is 40.9 Å². The van der Waals surface area contributed by atoms with Crippen molar-refractivity contribution in [3.63, 3.8) is 0 Å². The molecule has 0 amide bonds. The molecule has 166 valence electrons. The molecule has 0 radical (unpaired) electrons. The van der Waals surface area contributed by atoms with Crippen LogP contribution >= 0.6 is 15.9 Å². The number of aliphatic imine (C=N–C) groups is 1. The van der Waals surface area contributed by atoms with E-state index in [-0.39, 0.29) is 0 Å². The lowest BCUT2D eigenvalue weighted by Gasteiger charge is -2.27. The number of rotatable bonds is 8. The van der Waals surface area contributed by atoms with E-state index in [1.54, 1.807) is 0 Å². The van der Waals surface area contributed by atoms with E-state index in [2.05, 4.69) is 77.8 Å². The van der Waals surface area contributed by atoms with Crippen molar-refractivity contribution in [2.75, 3.05) is 13.1 Å². The van der Waals surface area contributed by atoms with E-state index in [4.69, 9.17) is 0 Å². The lowest BCUT2D eigenvalue weighted by molar-refractivity contribution is 0.250. The second kappa shape index (κ2) is 16.0. The SMILES string of the molecule is C=C/C=C\c1c(C)c(C=C)c(/C=C\C)c(CN2CCCC2CN=C)c1Br.CC.CC. The summed E-state index contributed by atoms with van der Waals surface area (Å²) in [6.45, 7) is 26.6. The number of hydrogen-bond acceptors (Lipinski definition) is 2. The fourth-order valence-electron chi connectivity index (χ4n) is 3.75. The van der Waals surface area contributed by atoms with Crippen molar-refractivity contribution in [1.29, 1.82) is 0 Å². The third-order valence-electron chi connectivity index (χ3n) is 5.06. The average molecular weight is 474 g/mol. The topological polar surface area (TPSA) is 15.6 Å². The molecule has 1 unspecified atom stereocenters. The van der Waals surface area contributed by atoms with Crippen LogP contribution in [0.2, 0.25) is 0 Å². The molecular formula is C27H41BrN2. The summed E-state index contributed by atoms with van der Waals surface area (Å²) in [5.74, 6) is 0. The van der Waals surface area contributed by atoms with Crippen molar-refractivity contribution < 1.29 is 0 Å². The number of allylic oxidation sites excluding steroid dienone is 3. The van der Waals surface area contributed by atoms with Gasteiger partial charge >= 0.3 is 0 Å². The van der Waals surface area contributed by atoms with E-state index < -0.39 is 0 Å². The van der Waals surface area contributed by atoms with E-state index in [0.717, 1.165) is 24.1 Å². The molecule has 3 heteroatoms. The van der Waals surface area contributed by atoms with Crippen LogP contribution < -0.4 is 0 Å². The van der Waals surface area contributed by atoms with Crippen LogP contribution in [0.1, 0.15) is 75.3 Å². The van der Waals surface area contributed by atoms with Gasteiger partial charge in [0.15, 0.2) is 0 Å². The average Bonchev–Trinajstić information content (AvgIpc) is 3.21. The molecule has 2 rings (SSSR count). The summed E-state index contributed by atoms with van der Waals surface area (Å²) >= 11 is 3.90. The van der Waals surface area contributed by atoms with E-state index >= 15 is 0 Å². The number of halogens is 1. The Kier molecular flexibility index (Phi) is 15.1. The van der Waals surface area contributed by atoms with Gasteiger partial charge in [-0.3, -0.25) is 9.89 Å². The normalized spacial score (nSPS) is 16.0. The fraction of sp³-hybridized carbons (Fsp3) is 0.444. The van der Waals surface area contributed by atoms with E-state index in [1.165, 1.54) is 40.7 Å². The Balaban J connectivity index is 0.00000198. The van der Waals surface area contributed by atoms with Crippen LogP contribution in [0.4, 0.5) is 0 Å². The van der Waals surface area contributed by atoms with Crippen molar-refractivity contribution in [3.05, 3.63) is 63.7 Å². The Bertz CT molecular complexity index is 744. The zero-order valence-corrected chi connectivity index (χ0v) is 21.6. The van der Waals surface area contributed by atoms with Crippen LogP contribution in [0.3, 0.4) is 0 Å². The molecule has 1 aliphatic heterocycles. The van der Waals surface area contributed by atoms with Crippen LogP contribution in [0.5, 0.6) is 0 Å². The predicted octanol–water partition coefficient (Wildman–Crippen LogP) is 8.35. The maximum absolute atomic E-state index is 4.14. The zero-order valence-electron chi connectivity index (χ0n) is 20.0. The highest BCUT2D eigenvalue weighted by Crippen LogP contribution is 2.36. The Labute approximate surface area is 194 Å². The summed E-state index contributed by atoms with van der Waals surface area (Å²) in [6.07, 6.45) is 14.6. The quantitative estimate of drug-likeness (QED) is 0.274. The van der Waals surface area contributed by atoms with Crippen molar-refractivity contribution in [2.24, 2.45) is 4.99 Å². The van der Waals surface area contributed by atoms with E-state index in [1.807, 2.05) is 45.9 Å². The second-order valence-corrected chi connectivity index (χ2v) is 7.42. The maximum Gasteiger partial charge on any atom is 0.0538 e. The largest absolute Gasteiger partial charge is 0.299 e. The zero-order chi connectivity index (χ0) is 23.1. The van der Waals surface area contributed by atoms with Gasteiger partial charge in [0.2, 0.25) is 0 Å². The highest BCUT2D eigenvalue weighted by Gasteiger charge is 2.26. The highest BCUT2D eigenvalue weighted by atomic mass is 79.9. The van der Waals surface area contributed by atoms with Crippen LogP contribution in [0, 0.1) is 6.92 Å². The molecule has 30 heavy (non-hydrogen) atoms. The van der Waals surface area contributed by atoms with E-state index in [9.17, 15) is 0 Å². The fourth-order valence-corrected chi connectivity index (χ4v) is 4.52. The Hall–Kier alpha value is -1.71. The van der Waals surface area contributed by atoms with Crippen LogP contribution in [0.25, 0.3) is 18.2 Å². The minimum Gasteiger partial charge on any atom is -0.299 e. The second-order valence-electron chi connectivity index (χ2n) is 6.63. The number of hydrogen-bond donors (Lipinski definition) is 0. The first kappa shape index (κ1) is 28.3. The molecule has 1 heterocycles. The van der Waals surface area contributed by atoms with Gasteiger partial charge in [0, 0.05) is 17.1 Å². The van der Waals surface area contributed by atoms with Crippen molar-refractivity contribution in [1.82, 2.24) is 4.90 Å². The summed E-state index contributed by atoms with van der Waals surface area (Å²) in [7, 11) is 0. The standard InChI is InChI=1S/C23H29BrN2.2C2H6/c1-6-9-13-20-17(4)19(8-3)21(11-7-2)22(23(20)24)16-26-14-10-12-18(26)15-25-5;2*1-2/h6-9,11,13,18H,1,3,5,10,12,14-16H2,2,4H3;2*1-2H3/b11-7-,13-9-;;. The van der Waals surface area contributed by atoms with Gasteiger partial charge in [-0.1, -0.05) is 77.3 Å². The Morgan fingerprint density at radius 1 is 1.10 bits per heavy atom. The smallest absolute Gasteiger partial charge is 0.0538 e. The molecule has 0 N–H and O–H groups in total. The first-order chi connectivity index (χ1) is 14.6. The molecule has 1 fully saturated rings. The highest BCUT2D eigenvalue weighted by molar-refractivity contribution is 9.10. The molecule has 1 aromatic rings. The molecule has 2 nitrogen and oxygen atoms in total. The predicted molar refractivity (Wildman–Crippen MR) is 143 cm³/mol. The molecular weight excluding hydrogens is 432 g/mol. The third-order valence-corrected chi connectivity index (χ3v) is 5.97. The Morgan fingerprint density at radius 3 is 2.30 bits per heavy atom. The molecule has 1 aliphatic rings. The molecule has 0 aliphatic carbocycles. The van der Waals surface area contributed by atoms with Gasteiger partial charge in [0.1, 0.15) is 0 Å². The monoisotopic (exact) mass is 472 g/mol. The minimum atomic E-state index is 0.485. The van der Waals surface area contributed by atoms with Gasteiger partial charge in [-0.15, -0.1) is 0 Å². The van der Waals surface area contributed by atoms with Gasteiger partial charge in [-0.2, -0.15) is 0 Å². The lowest BCUT2D eigenvalue weighted by Crippen LogP contribution is -2.31. The molecule has 0 aromatic heterocycles. The minimum absolute atomic E-state index is 0.485. The Morgan fingerprint density at radius 2 is 1.77 bits per heavy atom. The van der Waals surface area contributed by atoms with E-state index in [0.29, 0.717) is 6.04 Å². The third kappa shape index (κ3) is 7.21. The van der Waals surface area contributed by atoms with Crippen LogP contribution in [0.15, 0.2) is 40.9 Å². The maximum atomic E-state index is 4.14. The van der Waals surface area contributed by atoms with Crippen LogP contribution in [-0.4, -0.2) is 30.7 Å². The number of likely N-dealkylation sites (tertiary alicyclic amines) is 1.